The quantitative estimate of drug-likeness (QED) is 0.434. The molecule has 0 radical (unpaired) electrons. The summed E-state index contributed by atoms with van der Waals surface area (Å²) in [5.41, 5.74) is 6.09. The van der Waals surface area contributed by atoms with Gasteiger partial charge in [0.2, 0.25) is 0 Å². The zero-order valence-electron chi connectivity index (χ0n) is 22.3. The van der Waals surface area contributed by atoms with Crippen molar-refractivity contribution in [1.82, 2.24) is 9.80 Å². The van der Waals surface area contributed by atoms with Crippen LogP contribution in [0.5, 0.6) is 0 Å². The Morgan fingerprint density at radius 3 is 2.27 bits per heavy atom. The Morgan fingerprint density at radius 1 is 1.14 bits per heavy atom. The Bertz CT molecular complexity index is 1270. The Labute approximate surface area is 222 Å². The second-order valence-electron chi connectivity index (χ2n) is 11.2. The Balaban J connectivity index is 1.88. The van der Waals surface area contributed by atoms with Gasteiger partial charge in [0.05, 0.1) is 18.0 Å². The zero-order chi connectivity index (χ0) is 27.4. The van der Waals surface area contributed by atoms with Crippen LogP contribution in [-0.4, -0.2) is 45.5 Å². The summed E-state index contributed by atoms with van der Waals surface area (Å²) in [6.07, 6.45) is -1.40. The summed E-state index contributed by atoms with van der Waals surface area (Å²) in [5, 5.41) is 10.8. The summed E-state index contributed by atoms with van der Waals surface area (Å²) >= 11 is 6.73. The molecule has 2 heterocycles. The molecule has 0 aliphatic carbocycles. The number of carbonyl (C=O) groups is 1. The van der Waals surface area contributed by atoms with Gasteiger partial charge in [0, 0.05) is 42.2 Å². The van der Waals surface area contributed by atoms with Crippen LogP contribution in [0, 0.1) is 20.8 Å². The number of halogens is 3. The van der Waals surface area contributed by atoms with Crippen LogP contribution in [0.2, 0.25) is 5.02 Å². The fourth-order valence-electron chi connectivity index (χ4n) is 5.44. The molecule has 0 bridgehead atoms. The van der Waals surface area contributed by atoms with E-state index in [9.17, 15) is 18.7 Å². The highest BCUT2D eigenvalue weighted by Crippen LogP contribution is 2.46. The first-order chi connectivity index (χ1) is 17.1. The standard InChI is InChI=1S/C29H35ClF2N2O3/c1-16-8-9-20(23(30)12-16)24-17(2)21-13-34(19(4)33-11-10-29(31,32)15-33)14-22(21)18(3)25(24)26(27(35)36)37-28(5,6)7/h8-9,12,26H,4,10-11,13-15H2,1-3,5-7H3,(H,35,36)/t26-/m0/s1. The lowest BCUT2D eigenvalue weighted by atomic mass is 9.83. The lowest BCUT2D eigenvalue weighted by molar-refractivity contribution is -0.160. The third-order valence-electron chi connectivity index (χ3n) is 7.27. The largest absolute Gasteiger partial charge is 0.479 e. The van der Waals surface area contributed by atoms with Gasteiger partial charge in [-0.1, -0.05) is 30.3 Å². The van der Waals surface area contributed by atoms with Gasteiger partial charge in [-0.3, -0.25) is 0 Å². The summed E-state index contributed by atoms with van der Waals surface area (Å²) in [6.45, 7) is 16.3. The van der Waals surface area contributed by atoms with E-state index in [1.54, 1.807) is 4.90 Å². The van der Waals surface area contributed by atoms with Gasteiger partial charge < -0.3 is 19.6 Å². The molecule has 0 amide bonds. The summed E-state index contributed by atoms with van der Waals surface area (Å²) in [6, 6.07) is 5.74. The van der Waals surface area contributed by atoms with Crippen LogP contribution in [0.4, 0.5) is 8.78 Å². The minimum Gasteiger partial charge on any atom is -0.479 e. The smallest absolute Gasteiger partial charge is 0.337 e. The molecule has 2 aliphatic heterocycles. The lowest BCUT2D eigenvalue weighted by Gasteiger charge is -2.30. The number of aliphatic carboxylic acids is 1. The summed E-state index contributed by atoms with van der Waals surface area (Å²) in [4.78, 5) is 16.2. The number of alkyl halides is 2. The van der Waals surface area contributed by atoms with E-state index in [2.05, 4.69) is 6.58 Å². The molecule has 1 fully saturated rings. The van der Waals surface area contributed by atoms with Gasteiger partial charge in [-0.15, -0.1) is 0 Å². The number of carboxylic acid groups (broad SMARTS) is 1. The van der Waals surface area contributed by atoms with Gasteiger partial charge in [-0.05, 0) is 81.0 Å². The van der Waals surface area contributed by atoms with Crippen molar-refractivity contribution in [1.29, 1.82) is 0 Å². The van der Waals surface area contributed by atoms with Crippen LogP contribution in [0.3, 0.4) is 0 Å². The lowest BCUT2D eigenvalue weighted by Crippen LogP contribution is -2.32. The number of benzene rings is 2. The van der Waals surface area contributed by atoms with Gasteiger partial charge in [-0.25, -0.2) is 13.6 Å². The molecular formula is C29H35ClF2N2O3. The number of ether oxygens (including phenoxy) is 1. The van der Waals surface area contributed by atoms with Gasteiger partial charge in [0.15, 0.2) is 6.10 Å². The van der Waals surface area contributed by atoms with Gasteiger partial charge in [0.25, 0.3) is 5.92 Å². The van der Waals surface area contributed by atoms with E-state index in [0.717, 1.165) is 38.9 Å². The van der Waals surface area contributed by atoms with E-state index >= 15 is 0 Å². The van der Waals surface area contributed by atoms with E-state index in [0.29, 0.717) is 29.5 Å². The molecule has 2 aliphatic rings. The van der Waals surface area contributed by atoms with Crippen LogP contribution >= 0.6 is 11.6 Å². The molecular weight excluding hydrogens is 498 g/mol. The van der Waals surface area contributed by atoms with Crippen LogP contribution < -0.4 is 0 Å². The number of fused-ring (bicyclic) bond motifs is 1. The second kappa shape index (κ2) is 9.59. The molecule has 8 heteroatoms. The predicted molar refractivity (Wildman–Crippen MR) is 142 cm³/mol. The zero-order valence-corrected chi connectivity index (χ0v) is 23.1. The molecule has 37 heavy (non-hydrogen) atoms. The molecule has 4 rings (SSSR count). The minimum atomic E-state index is -2.72. The maximum Gasteiger partial charge on any atom is 0.337 e. The van der Waals surface area contributed by atoms with Gasteiger partial charge >= 0.3 is 5.97 Å². The molecule has 0 aromatic heterocycles. The first-order valence-corrected chi connectivity index (χ1v) is 12.9. The molecule has 0 saturated carbocycles. The summed E-state index contributed by atoms with van der Waals surface area (Å²) < 4.78 is 33.9. The van der Waals surface area contributed by atoms with Crippen LogP contribution in [0.1, 0.15) is 66.7 Å². The van der Waals surface area contributed by atoms with Crippen molar-refractivity contribution in [3.8, 4) is 11.1 Å². The van der Waals surface area contributed by atoms with Crippen LogP contribution in [0.15, 0.2) is 30.6 Å². The topological polar surface area (TPSA) is 53.0 Å². The monoisotopic (exact) mass is 532 g/mol. The molecule has 2 aromatic carbocycles. The fourth-order valence-corrected chi connectivity index (χ4v) is 5.77. The maximum absolute atomic E-state index is 13.9. The number of rotatable bonds is 6. The molecule has 1 saturated heterocycles. The highest BCUT2D eigenvalue weighted by atomic mass is 35.5. The number of hydrogen-bond acceptors (Lipinski definition) is 4. The van der Waals surface area contributed by atoms with Crippen molar-refractivity contribution in [2.24, 2.45) is 0 Å². The molecule has 2 aromatic rings. The van der Waals surface area contributed by atoms with Gasteiger partial charge in [0.1, 0.15) is 0 Å². The first kappa shape index (κ1) is 27.4. The number of hydrogen-bond donors (Lipinski definition) is 1. The van der Waals surface area contributed by atoms with Crippen molar-refractivity contribution < 1.29 is 23.4 Å². The van der Waals surface area contributed by atoms with Crippen molar-refractivity contribution in [2.75, 3.05) is 13.1 Å². The minimum absolute atomic E-state index is 0.185. The molecule has 0 unspecified atom stereocenters. The number of likely N-dealkylation sites (tertiary alicyclic amines) is 1. The Hall–Kier alpha value is -2.64. The third kappa shape index (κ3) is 5.34. The molecule has 200 valence electrons. The molecule has 0 spiro atoms. The first-order valence-electron chi connectivity index (χ1n) is 12.5. The predicted octanol–water partition coefficient (Wildman–Crippen LogP) is 7.00. The normalized spacial score (nSPS) is 17.8. The third-order valence-corrected chi connectivity index (χ3v) is 7.58. The van der Waals surface area contributed by atoms with E-state index < -0.39 is 23.6 Å². The fraction of sp³-hybridized carbons (Fsp3) is 0.483. The van der Waals surface area contributed by atoms with Crippen molar-refractivity contribution >= 4 is 17.6 Å². The van der Waals surface area contributed by atoms with Crippen LogP contribution in [0.25, 0.3) is 11.1 Å². The van der Waals surface area contributed by atoms with E-state index in [1.165, 1.54) is 0 Å². The van der Waals surface area contributed by atoms with Gasteiger partial charge in [-0.2, -0.15) is 0 Å². The number of nitrogens with zero attached hydrogens (tertiary/aromatic N) is 2. The van der Waals surface area contributed by atoms with Crippen LogP contribution in [-0.2, 0) is 22.6 Å². The SMILES string of the molecule is C=C(N1Cc2c(C)c(-c3ccc(C)cc3Cl)c([C@H](OC(C)(C)C)C(=O)O)c(C)c2C1)N1CCC(F)(F)C1. The second-order valence-corrected chi connectivity index (χ2v) is 11.6. The molecule has 1 atom stereocenters. The maximum atomic E-state index is 13.9. The van der Waals surface area contributed by atoms with Crippen molar-refractivity contribution in [2.45, 2.75) is 78.7 Å². The summed E-state index contributed by atoms with van der Waals surface area (Å²) in [7, 11) is 0. The average molecular weight is 533 g/mol. The Morgan fingerprint density at radius 2 is 1.76 bits per heavy atom. The van der Waals surface area contributed by atoms with Crippen molar-refractivity contribution in [3.63, 3.8) is 0 Å². The van der Waals surface area contributed by atoms with Crippen molar-refractivity contribution in [3.05, 3.63) is 69.0 Å². The molecule has 1 N–H and O–H groups in total. The highest BCUT2D eigenvalue weighted by Gasteiger charge is 2.41. The average Bonchev–Trinajstić information content (AvgIpc) is 3.38. The molecule has 5 nitrogen and oxygen atoms in total. The van der Waals surface area contributed by atoms with E-state index in [1.807, 2.05) is 64.6 Å². The Kier molecular flexibility index (Phi) is 7.10. The van der Waals surface area contributed by atoms with E-state index in [4.69, 9.17) is 16.3 Å². The summed E-state index contributed by atoms with van der Waals surface area (Å²) in [5.74, 6) is -3.24. The highest BCUT2D eigenvalue weighted by molar-refractivity contribution is 6.33. The number of carboxylic acids is 1. The van der Waals surface area contributed by atoms with E-state index in [-0.39, 0.29) is 19.5 Å². The number of aryl methyl sites for hydroxylation is 1.